The number of nitrogens with two attached hydrogens (primary N) is 1. The molecule has 0 spiro atoms. The highest BCUT2D eigenvalue weighted by Crippen LogP contribution is 2.14. The average Bonchev–Trinajstić information content (AvgIpc) is 2.14. The van der Waals surface area contributed by atoms with Crippen LogP contribution in [0.4, 0.5) is 0 Å². The molecule has 2 heteroatoms. The lowest BCUT2D eigenvalue weighted by Crippen LogP contribution is -2.11. The lowest BCUT2D eigenvalue weighted by Gasteiger charge is -2.07. The van der Waals surface area contributed by atoms with Gasteiger partial charge in [-0.2, -0.15) is 0 Å². The maximum atomic E-state index is 5.56. The first-order valence-electron chi connectivity index (χ1n) is 4.67. The Morgan fingerprint density at radius 3 is 2.85 bits per heavy atom. The molecule has 1 rings (SSSR count). The van der Waals surface area contributed by atoms with Crippen LogP contribution in [0.2, 0.25) is 0 Å². The van der Waals surface area contributed by atoms with Crippen LogP contribution < -0.4 is 5.73 Å². The van der Waals surface area contributed by atoms with Gasteiger partial charge in [-0.05, 0) is 43.0 Å². The van der Waals surface area contributed by atoms with Crippen molar-refractivity contribution in [3.8, 4) is 0 Å². The third-order valence-electron chi connectivity index (χ3n) is 2.22. The number of halogens is 1. The molecule has 72 valence electrons. The summed E-state index contributed by atoms with van der Waals surface area (Å²) in [7, 11) is 0. The van der Waals surface area contributed by atoms with Gasteiger partial charge in [0.05, 0.1) is 0 Å². The first-order valence-corrected chi connectivity index (χ1v) is 5.46. The Bertz CT molecular complexity index is 260. The van der Waals surface area contributed by atoms with E-state index in [2.05, 4.69) is 47.1 Å². The van der Waals surface area contributed by atoms with Gasteiger partial charge in [0, 0.05) is 4.47 Å². The standard InChI is InChI=1S/C11H16BrN/c1-9(8-13)5-6-10-3-2-4-11(12)7-10/h2-4,7,9H,5-6,8,13H2,1H3. The van der Waals surface area contributed by atoms with Gasteiger partial charge in [-0.15, -0.1) is 0 Å². The Balaban J connectivity index is 2.45. The van der Waals surface area contributed by atoms with Crippen LogP contribution >= 0.6 is 15.9 Å². The van der Waals surface area contributed by atoms with Crippen LogP contribution in [0, 0.1) is 5.92 Å². The van der Waals surface area contributed by atoms with Gasteiger partial charge in [0.15, 0.2) is 0 Å². The fourth-order valence-electron chi connectivity index (χ4n) is 1.22. The van der Waals surface area contributed by atoms with E-state index in [1.807, 2.05) is 0 Å². The van der Waals surface area contributed by atoms with E-state index in [0.717, 1.165) is 17.4 Å². The van der Waals surface area contributed by atoms with Crippen molar-refractivity contribution in [2.45, 2.75) is 19.8 Å². The first kappa shape index (κ1) is 10.7. The second kappa shape index (κ2) is 5.40. The Morgan fingerprint density at radius 2 is 2.23 bits per heavy atom. The third-order valence-corrected chi connectivity index (χ3v) is 2.71. The summed E-state index contributed by atoms with van der Waals surface area (Å²) in [6, 6.07) is 8.46. The van der Waals surface area contributed by atoms with Gasteiger partial charge in [-0.3, -0.25) is 0 Å². The zero-order chi connectivity index (χ0) is 9.68. The molecule has 0 bridgehead atoms. The quantitative estimate of drug-likeness (QED) is 0.862. The van der Waals surface area contributed by atoms with E-state index in [1.165, 1.54) is 12.0 Å². The molecule has 1 aromatic carbocycles. The van der Waals surface area contributed by atoms with Gasteiger partial charge in [-0.1, -0.05) is 35.0 Å². The molecule has 0 amide bonds. The van der Waals surface area contributed by atoms with Crippen LogP contribution in [0.5, 0.6) is 0 Å². The van der Waals surface area contributed by atoms with Crippen LogP contribution in [-0.4, -0.2) is 6.54 Å². The predicted molar refractivity (Wildman–Crippen MR) is 60.7 cm³/mol. The van der Waals surface area contributed by atoms with E-state index >= 15 is 0 Å². The SMILES string of the molecule is CC(CN)CCc1cccc(Br)c1. The molecule has 0 saturated heterocycles. The first-order chi connectivity index (χ1) is 6.22. The second-order valence-electron chi connectivity index (χ2n) is 3.51. The van der Waals surface area contributed by atoms with Crippen molar-refractivity contribution in [2.24, 2.45) is 11.7 Å². The topological polar surface area (TPSA) is 26.0 Å². The Hall–Kier alpha value is -0.340. The molecule has 2 N–H and O–H groups in total. The van der Waals surface area contributed by atoms with E-state index in [4.69, 9.17) is 5.73 Å². The summed E-state index contributed by atoms with van der Waals surface area (Å²) in [6.45, 7) is 2.98. The minimum absolute atomic E-state index is 0.624. The molecule has 1 unspecified atom stereocenters. The molecule has 0 radical (unpaired) electrons. The largest absolute Gasteiger partial charge is 0.330 e. The zero-order valence-electron chi connectivity index (χ0n) is 7.96. The molecule has 0 aliphatic carbocycles. The summed E-state index contributed by atoms with van der Waals surface area (Å²) in [5.41, 5.74) is 6.94. The van der Waals surface area contributed by atoms with Crippen LogP contribution in [0.1, 0.15) is 18.9 Å². The van der Waals surface area contributed by atoms with E-state index in [9.17, 15) is 0 Å². The van der Waals surface area contributed by atoms with Gasteiger partial charge < -0.3 is 5.73 Å². The normalized spacial score (nSPS) is 12.8. The maximum Gasteiger partial charge on any atom is 0.0177 e. The lowest BCUT2D eigenvalue weighted by molar-refractivity contribution is 0.544. The van der Waals surface area contributed by atoms with Gasteiger partial charge >= 0.3 is 0 Å². The molecule has 0 heterocycles. The smallest absolute Gasteiger partial charge is 0.0177 e. The molecule has 0 saturated carbocycles. The summed E-state index contributed by atoms with van der Waals surface area (Å²) in [6.07, 6.45) is 2.30. The zero-order valence-corrected chi connectivity index (χ0v) is 9.55. The Labute approximate surface area is 88.5 Å². The third kappa shape index (κ3) is 3.92. The number of rotatable bonds is 4. The fourth-order valence-corrected chi connectivity index (χ4v) is 1.67. The molecule has 0 aliphatic heterocycles. The number of benzene rings is 1. The summed E-state index contributed by atoms with van der Waals surface area (Å²) in [5.74, 6) is 0.624. The van der Waals surface area contributed by atoms with Crippen molar-refractivity contribution in [3.05, 3.63) is 34.3 Å². The number of aryl methyl sites for hydroxylation is 1. The van der Waals surface area contributed by atoms with Crippen LogP contribution in [-0.2, 0) is 6.42 Å². The minimum Gasteiger partial charge on any atom is -0.330 e. The van der Waals surface area contributed by atoms with Crippen molar-refractivity contribution in [1.82, 2.24) is 0 Å². The van der Waals surface area contributed by atoms with Crippen molar-refractivity contribution in [3.63, 3.8) is 0 Å². The van der Waals surface area contributed by atoms with E-state index in [1.54, 1.807) is 0 Å². The van der Waals surface area contributed by atoms with Crippen molar-refractivity contribution >= 4 is 15.9 Å². The highest BCUT2D eigenvalue weighted by molar-refractivity contribution is 9.10. The summed E-state index contributed by atoms with van der Waals surface area (Å²) in [4.78, 5) is 0. The highest BCUT2D eigenvalue weighted by Gasteiger charge is 2.00. The molecular weight excluding hydrogens is 226 g/mol. The highest BCUT2D eigenvalue weighted by atomic mass is 79.9. The molecule has 13 heavy (non-hydrogen) atoms. The fraction of sp³-hybridized carbons (Fsp3) is 0.455. The van der Waals surface area contributed by atoms with Gasteiger partial charge in [0.25, 0.3) is 0 Å². The maximum absolute atomic E-state index is 5.56. The van der Waals surface area contributed by atoms with Gasteiger partial charge in [-0.25, -0.2) is 0 Å². The summed E-state index contributed by atoms with van der Waals surface area (Å²) in [5, 5.41) is 0. The molecule has 1 atom stereocenters. The molecule has 1 nitrogen and oxygen atoms in total. The number of hydrogen-bond acceptors (Lipinski definition) is 1. The molecule has 0 fully saturated rings. The van der Waals surface area contributed by atoms with Gasteiger partial charge in [0.1, 0.15) is 0 Å². The van der Waals surface area contributed by atoms with Gasteiger partial charge in [0.2, 0.25) is 0 Å². The molecule has 0 aliphatic rings. The minimum atomic E-state index is 0.624. The van der Waals surface area contributed by atoms with E-state index in [-0.39, 0.29) is 0 Å². The lowest BCUT2D eigenvalue weighted by atomic mass is 10.0. The van der Waals surface area contributed by atoms with Crippen LogP contribution in [0.25, 0.3) is 0 Å². The van der Waals surface area contributed by atoms with E-state index in [0.29, 0.717) is 5.92 Å². The molecule has 0 aromatic heterocycles. The second-order valence-corrected chi connectivity index (χ2v) is 4.43. The van der Waals surface area contributed by atoms with Crippen molar-refractivity contribution in [1.29, 1.82) is 0 Å². The van der Waals surface area contributed by atoms with Crippen molar-refractivity contribution < 1.29 is 0 Å². The molecule has 1 aromatic rings. The summed E-state index contributed by atoms with van der Waals surface area (Å²) >= 11 is 3.46. The van der Waals surface area contributed by atoms with Crippen LogP contribution in [0.3, 0.4) is 0 Å². The monoisotopic (exact) mass is 241 g/mol. The number of hydrogen-bond donors (Lipinski definition) is 1. The Morgan fingerprint density at radius 1 is 1.46 bits per heavy atom. The Kier molecular flexibility index (Phi) is 4.46. The predicted octanol–water partition coefficient (Wildman–Crippen LogP) is 2.98. The van der Waals surface area contributed by atoms with E-state index < -0.39 is 0 Å². The molecular formula is C11H16BrN. The van der Waals surface area contributed by atoms with Crippen molar-refractivity contribution in [2.75, 3.05) is 6.54 Å². The van der Waals surface area contributed by atoms with Crippen LogP contribution in [0.15, 0.2) is 28.7 Å². The average molecular weight is 242 g/mol. The summed E-state index contributed by atoms with van der Waals surface area (Å²) < 4.78 is 1.16.